The van der Waals surface area contributed by atoms with Crippen LogP contribution in [0.1, 0.15) is 7.43 Å². The highest BCUT2D eigenvalue weighted by Gasteiger charge is 1.99. The van der Waals surface area contributed by atoms with Gasteiger partial charge >= 0.3 is 0 Å². The summed E-state index contributed by atoms with van der Waals surface area (Å²) in [4.78, 5) is 0. The van der Waals surface area contributed by atoms with Gasteiger partial charge in [-0.05, 0) is 12.1 Å². The summed E-state index contributed by atoms with van der Waals surface area (Å²) in [7, 11) is 1.58. The highest BCUT2D eigenvalue weighted by molar-refractivity contribution is 5.43. The second-order valence-electron chi connectivity index (χ2n) is 1.87. The van der Waals surface area contributed by atoms with Crippen LogP contribution in [0.25, 0.3) is 0 Å². The summed E-state index contributed by atoms with van der Waals surface area (Å²) in [5, 5.41) is 2.58. The zero-order chi connectivity index (χ0) is 7.56. The lowest BCUT2D eigenvalue weighted by Crippen LogP contribution is -1.92. The number of hydrogen-bond acceptors (Lipinski definition) is 1. The van der Waals surface area contributed by atoms with Crippen LogP contribution in [0.2, 0.25) is 0 Å². The molecule has 1 nitrogen and oxygen atoms in total. The molecule has 0 heterocycles. The molecule has 0 spiro atoms. The summed E-state index contributed by atoms with van der Waals surface area (Å²) in [6.07, 6.45) is 0. The van der Waals surface area contributed by atoms with E-state index in [4.69, 9.17) is 0 Å². The maximum Gasteiger partial charge on any atom is 0.149 e. The summed E-state index contributed by atoms with van der Waals surface area (Å²) in [6.45, 7) is 0. The Morgan fingerprint density at radius 1 is 1.27 bits per heavy atom. The van der Waals surface area contributed by atoms with Crippen molar-refractivity contribution in [1.82, 2.24) is 0 Å². The number of hydrogen-bond donors (Lipinski definition) is 1. The van der Waals surface area contributed by atoms with Crippen molar-refractivity contribution in [3.8, 4) is 0 Å². The van der Waals surface area contributed by atoms with Crippen LogP contribution in [0.4, 0.5) is 14.5 Å². The average molecular weight is 159 g/mol. The highest BCUT2D eigenvalue weighted by atomic mass is 19.1. The van der Waals surface area contributed by atoms with Gasteiger partial charge in [0.05, 0.1) is 5.69 Å². The van der Waals surface area contributed by atoms with Crippen LogP contribution < -0.4 is 5.32 Å². The van der Waals surface area contributed by atoms with Crippen LogP contribution in [0.3, 0.4) is 0 Å². The standard InChI is InChI=1S/C7H7F2N.CH4/c1-10-7-3-2-5(8)4-6(7)9;/h2-4,10H,1H3;1H4. The van der Waals surface area contributed by atoms with Gasteiger partial charge < -0.3 is 5.32 Å². The van der Waals surface area contributed by atoms with E-state index >= 15 is 0 Å². The Balaban J connectivity index is 0.000001000. The van der Waals surface area contributed by atoms with Crippen LogP contribution >= 0.6 is 0 Å². The molecule has 1 aromatic rings. The Morgan fingerprint density at radius 2 is 1.91 bits per heavy atom. The molecule has 1 rings (SSSR count). The summed E-state index contributed by atoms with van der Waals surface area (Å²) in [5.41, 5.74) is 0.307. The van der Waals surface area contributed by atoms with E-state index in [1.54, 1.807) is 7.05 Å². The van der Waals surface area contributed by atoms with E-state index in [0.29, 0.717) is 5.69 Å². The molecule has 0 saturated carbocycles. The van der Waals surface area contributed by atoms with Gasteiger partial charge in [0.2, 0.25) is 0 Å². The Morgan fingerprint density at radius 3 is 2.36 bits per heavy atom. The second kappa shape index (κ2) is 3.91. The van der Waals surface area contributed by atoms with Gasteiger partial charge in [-0.3, -0.25) is 0 Å². The third-order valence-corrected chi connectivity index (χ3v) is 1.20. The van der Waals surface area contributed by atoms with Crippen LogP contribution in [-0.4, -0.2) is 7.05 Å². The van der Waals surface area contributed by atoms with Gasteiger partial charge in [0.1, 0.15) is 11.6 Å². The van der Waals surface area contributed by atoms with Crippen LogP contribution in [0.5, 0.6) is 0 Å². The fourth-order valence-corrected chi connectivity index (χ4v) is 0.692. The first-order valence-corrected chi connectivity index (χ1v) is 2.87. The average Bonchev–Trinajstić information content (AvgIpc) is 1.88. The largest absolute Gasteiger partial charge is 0.386 e. The van der Waals surface area contributed by atoms with E-state index in [0.717, 1.165) is 6.07 Å². The number of halogens is 2. The molecule has 0 unspecified atom stereocenters. The maximum atomic E-state index is 12.5. The third kappa shape index (κ3) is 2.18. The number of benzene rings is 1. The molecule has 0 fully saturated rings. The molecule has 11 heavy (non-hydrogen) atoms. The van der Waals surface area contributed by atoms with Crippen molar-refractivity contribution >= 4 is 5.69 Å². The Bertz CT molecular complexity index is 236. The molecule has 0 aliphatic carbocycles. The van der Waals surface area contributed by atoms with Crippen LogP contribution in [0.15, 0.2) is 18.2 Å². The van der Waals surface area contributed by atoms with E-state index < -0.39 is 11.6 Å². The van der Waals surface area contributed by atoms with Gasteiger partial charge in [0, 0.05) is 13.1 Å². The summed E-state index contributed by atoms with van der Waals surface area (Å²) in [5.74, 6) is -1.13. The van der Waals surface area contributed by atoms with Gasteiger partial charge in [-0.25, -0.2) is 8.78 Å². The predicted octanol–water partition coefficient (Wildman–Crippen LogP) is 2.64. The third-order valence-electron chi connectivity index (χ3n) is 1.20. The van der Waals surface area contributed by atoms with Crippen molar-refractivity contribution in [2.45, 2.75) is 7.43 Å². The van der Waals surface area contributed by atoms with E-state index in [1.165, 1.54) is 12.1 Å². The van der Waals surface area contributed by atoms with Crippen molar-refractivity contribution in [3.63, 3.8) is 0 Å². The molecule has 0 aliphatic rings. The van der Waals surface area contributed by atoms with Crippen LogP contribution in [0, 0.1) is 11.6 Å². The SMILES string of the molecule is C.CNc1ccc(F)cc1F. The minimum absolute atomic E-state index is 0. The molecule has 0 atom stereocenters. The highest BCUT2D eigenvalue weighted by Crippen LogP contribution is 2.13. The van der Waals surface area contributed by atoms with E-state index in [1.807, 2.05) is 0 Å². The Labute approximate surface area is 65.0 Å². The fourth-order valence-electron chi connectivity index (χ4n) is 0.692. The Hall–Kier alpha value is -1.12. The number of nitrogens with one attached hydrogen (secondary N) is 1. The predicted molar refractivity (Wildman–Crippen MR) is 42.6 cm³/mol. The molecule has 0 radical (unpaired) electrons. The molecule has 0 aromatic heterocycles. The molecule has 0 amide bonds. The van der Waals surface area contributed by atoms with Gasteiger partial charge in [0.15, 0.2) is 0 Å². The summed E-state index contributed by atoms with van der Waals surface area (Å²) < 4.78 is 24.8. The zero-order valence-electron chi connectivity index (χ0n) is 5.49. The van der Waals surface area contributed by atoms with Gasteiger partial charge in [-0.2, -0.15) is 0 Å². The molecule has 0 saturated heterocycles. The topological polar surface area (TPSA) is 12.0 Å². The smallest absolute Gasteiger partial charge is 0.149 e. The first-order valence-electron chi connectivity index (χ1n) is 2.87. The van der Waals surface area contributed by atoms with Crippen LogP contribution in [-0.2, 0) is 0 Å². The van der Waals surface area contributed by atoms with Gasteiger partial charge in [-0.1, -0.05) is 7.43 Å². The van der Waals surface area contributed by atoms with Gasteiger partial charge in [0.25, 0.3) is 0 Å². The lowest BCUT2D eigenvalue weighted by molar-refractivity contribution is 0.585. The molecular formula is C8H11F2N. The van der Waals surface area contributed by atoms with Crippen molar-refractivity contribution < 1.29 is 8.78 Å². The van der Waals surface area contributed by atoms with Crippen molar-refractivity contribution in [3.05, 3.63) is 29.8 Å². The molecule has 3 heteroatoms. The normalized spacial score (nSPS) is 8.64. The second-order valence-corrected chi connectivity index (χ2v) is 1.87. The summed E-state index contributed by atoms with van der Waals surface area (Å²) in [6, 6.07) is 3.39. The van der Waals surface area contributed by atoms with Gasteiger partial charge in [-0.15, -0.1) is 0 Å². The zero-order valence-corrected chi connectivity index (χ0v) is 5.49. The monoisotopic (exact) mass is 159 g/mol. The molecule has 1 N–H and O–H groups in total. The first-order chi connectivity index (χ1) is 4.74. The molecule has 0 bridgehead atoms. The number of rotatable bonds is 1. The minimum Gasteiger partial charge on any atom is -0.386 e. The summed E-state index contributed by atoms with van der Waals surface area (Å²) >= 11 is 0. The minimum atomic E-state index is -0.567. The quantitative estimate of drug-likeness (QED) is 0.664. The van der Waals surface area contributed by atoms with E-state index in [-0.39, 0.29) is 7.43 Å². The Kier molecular flexibility index (Phi) is 3.51. The van der Waals surface area contributed by atoms with Crippen molar-refractivity contribution in [2.24, 2.45) is 0 Å². The van der Waals surface area contributed by atoms with E-state index in [2.05, 4.69) is 5.32 Å². The molecule has 1 aromatic carbocycles. The first kappa shape index (κ1) is 9.88. The van der Waals surface area contributed by atoms with E-state index in [9.17, 15) is 8.78 Å². The fraction of sp³-hybridized carbons (Fsp3) is 0.250. The number of anilines is 1. The molecule has 62 valence electrons. The molecular weight excluding hydrogens is 148 g/mol. The lowest BCUT2D eigenvalue weighted by atomic mass is 10.3. The maximum absolute atomic E-state index is 12.5. The molecule has 0 aliphatic heterocycles. The lowest BCUT2D eigenvalue weighted by Gasteiger charge is -1.99. The van der Waals surface area contributed by atoms with Crippen molar-refractivity contribution in [2.75, 3.05) is 12.4 Å². The van der Waals surface area contributed by atoms with Crippen molar-refractivity contribution in [1.29, 1.82) is 0 Å².